The molecule has 13 heavy (non-hydrogen) atoms. The lowest BCUT2D eigenvalue weighted by molar-refractivity contribution is -0.140. The molecule has 0 aliphatic rings. The molecular weight excluding hydrogens is 174 g/mol. The molecule has 0 aliphatic carbocycles. The highest BCUT2D eigenvalue weighted by molar-refractivity contribution is 5.97. The highest BCUT2D eigenvalue weighted by Crippen LogP contribution is 2.02. The van der Waals surface area contributed by atoms with Gasteiger partial charge in [-0.05, 0) is 19.0 Å². The monoisotopic (exact) mass is 183 g/mol. The van der Waals surface area contributed by atoms with Crippen LogP contribution in [0.15, 0.2) is 9.78 Å². The van der Waals surface area contributed by atoms with Gasteiger partial charge in [0.2, 0.25) is 0 Å². The zero-order valence-corrected chi connectivity index (χ0v) is 7.57. The smallest absolute Gasteiger partial charge is 0.318 e. The van der Waals surface area contributed by atoms with E-state index in [0.717, 1.165) is 0 Å². The van der Waals surface area contributed by atoms with Crippen molar-refractivity contribution in [1.82, 2.24) is 10.3 Å². The van der Waals surface area contributed by atoms with E-state index in [1.54, 1.807) is 13.8 Å². The van der Waals surface area contributed by atoms with Gasteiger partial charge in [-0.2, -0.15) is 0 Å². The fraction of sp³-hybridized carbons (Fsp3) is 0.429. The van der Waals surface area contributed by atoms with Crippen LogP contribution < -0.4 is 0 Å². The Labute approximate surface area is 74.5 Å². The Morgan fingerprint density at radius 2 is 2.15 bits per heavy atom. The third-order valence-electron chi connectivity index (χ3n) is 1.31. The fourth-order valence-corrected chi connectivity index (χ4v) is 0.736. The van der Waals surface area contributed by atoms with E-state index in [4.69, 9.17) is 0 Å². The van der Waals surface area contributed by atoms with E-state index in [-0.39, 0.29) is 0 Å². The average Bonchev–Trinajstić information content (AvgIpc) is 2.47. The minimum Gasteiger partial charge on any atom is -0.318 e. The van der Waals surface area contributed by atoms with Crippen LogP contribution in [0.4, 0.5) is 0 Å². The lowest BCUT2D eigenvalue weighted by atomic mass is 10.2. The van der Waals surface area contributed by atoms with Gasteiger partial charge in [0, 0.05) is 6.92 Å². The molecule has 6 heteroatoms. The standard InChI is InChI=1S/C7H9N3O3/c1-4(8-12-6(3)11)7-5(2)9-13-10-7/h1-3H3. The van der Waals surface area contributed by atoms with Gasteiger partial charge in [-0.15, -0.1) is 0 Å². The van der Waals surface area contributed by atoms with Crippen LogP contribution in [-0.4, -0.2) is 22.0 Å². The predicted molar refractivity (Wildman–Crippen MR) is 43.0 cm³/mol. The van der Waals surface area contributed by atoms with Gasteiger partial charge in [-0.25, -0.2) is 9.42 Å². The first-order valence-electron chi connectivity index (χ1n) is 3.63. The summed E-state index contributed by atoms with van der Waals surface area (Å²) in [6.07, 6.45) is 0. The van der Waals surface area contributed by atoms with E-state index < -0.39 is 5.97 Å². The van der Waals surface area contributed by atoms with E-state index >= 15 is 0 Å². The molecule has 0 saturated heterocycles. The SMILES string of the molecule is CC(=O)ON=C(C)c1nonc1C. The van der Waals surface area contributed by atoms with Gasteiger partial charge in [0.25, 0.3) is 0 Å². The number of oxime groups is 1. The molecule has 1 heterocycles. The molecule has 0 unspecified atom stereocenters. The number of nitrogens with zero attached hydrogens (tertiary/aromatic N) is 3. The van der Waals surface area contributed by atoms with Crippen molar-refractivity contribution in [2.45, 2.75) is 20.8 Å². The number of hydrogen-bond donors (Lipinski definition) is 0. The van der Waals surface area contributed by atoms with Crippen molar-refractivity contribution in [3.63, 3.8) is 0 Å². The molecule has 1 rings (SSSR count). The second-order valence-corrected chi connectivity index (χ2v) is 2.46. The number of aromatic nitrogens is 2. The molecule has 6 nitrogen and oxygen atoms in total. The molecule has 0 fully saturated rings. The molecule has 0 bridgehead atoms. The molecule has 0 N–H and O–H groups in total. The quantitative estimate of drug-likeness (QED) is 0.382. The van der Waals surface area contributed by atoms with Crippen molar-refractivity contribution in [1.29, 1.82) is 0 Å². The summed E-state index contributed by atoms with van der Waals surface area (Å²) in [5, 5.41) is 10.7. The summed E-state index contributed by atoms with van der Waals surface area (Å²) in [4.78, 5) is 14.8. The Morgan fingerprint density at radius 3 is 2.62 bits per heavy atom. The minimum atomic E-state index is -0.478. The molecule has 1 aromatic rings. The van der Waals surface area contributed by atoms with Gasteiger partial charge in [-0.1, -0.05) is 10.3 Å². The van der Waals surface area contributed by atoms with Crippen LogP contribution in [-0.2, 0) is 9.63 Å². The summed E-state index contributed by atoms with van der Waals surface area (Å²) in [5.74, 6) is -0.478. The van der Waals surface area contributed by atoms with E-state index in [2.05, 4.69) is 24.9 Å². The van der Waals surface area contributed by atoms with Crippen LogP contribution in [0, 0.1) is 6.92 Å². The second kappa shape index (κ2) is 3.79. The van der Waals surface area contributed by atoms with E-state index in [1.165, 1.54) is 6.92 Å². The zero-order chi connectivity index (χ0) is 9.84. The number of hydrogen-bond acceptors (Lipinski definition) is 6. The number of aryl methyl sites for hydroxylation is 1. The van der Waals surface area contributed by atoms with Crippen molar-refractivity contribution in [3.05, 3.63) is 11.4 Å². The van der Waals surface area contributed by atoms with Gasteiger partial charge in [0.1, 0.15) is 11.4 Å². The van der Waals surface area contributed by atoms with E-state index in [9.17, 15) is 4.79 Å². The van der Waals surface area contributed by atoms with Crippen LogP contribution in [0.3, 0.4) is 0 Å². The highest BCUT2D eigenvalue weighted by atomic mass is 16.7. The average molecular weight is 183 g/mol. The molecule has 0 aromatic carbocycles. The largest absolute Gasteiger partial charge is 0.331 e. The fourth-order valence-electron chi connectivity index (χ4n) is 0.736. The Kier molecular flexibility index (Phi) is 2.73. The number of carbonyl (C=O) groups is 1. The molecule has 0 amide bonds. The molecule has 0 saturated carbocycles. The van der Waals surface area contributed by atoms with E-state index in [0.29, 0.717) is 17.1 Å². The molecule has 1 aromatic heterocycles. The maximum atomic E-state index is 10.4. The summed E-state index contributed by atoms with van der Waals surface area (Å²) in [6, 6.07) is 0. The third kappa shape index (κ3) is 2.36. The summed E-state index contributed by atoms with van der Waals surface area (Å²) in [5.41, 5.74) is 1.55. The Hall–Kier alpha value is -1.72. The number of carbonyl (C=O) groups excluding carboxylic acids is 1. The molecular formula is C7H9N3O3. The summed E-state index contributed by atoms with van der Waals surface area (Å²) >= 11 is 0. The molecule has 0 aliphatic heterocycles. The highest BCUT2D eigenvalue weighted by Gasteiger charge is 2.08. The zero-order valence-electron chi connectivity index (χ0n) is 7.57. The van der Waals surface area contributed by atoms with Crippen LogP contribution in [0.1, 0.15) is 25.2 Å². The summed E-state index contributed by atoms with van der Waals surface area (Å²) in [7, 11) is 0. The normalized spacial score (nSPS) is 11.5. The van der Waals surface area contributed by atoms with Crippen molar-refractivity contribution in [2.75, 3.05) is 0 Å². The van der Waals surface area contributed by atoms with Crippen LogP contribution >= 0.6 is 0 Å². The Morgan fingerprint density at radius 1 is 1.46 bits per heavy atom. The molecule has 70 valence electrons. The van der Waals surface area contributed by atoms with Crippen molar-refractivity contribution in [3.8, 4) is 0 Å². The first-order valence-corrected chi connectivity index (χ1v) is 3.63. The van der Waals surface area contributed by atoms with Crippen LogP contribution in [0.2, 0.25) is 0 Å². The first-order chi connectivity index (χ1) is 6.11. The maximum absolute atomic E-state index is 10.4. The first kappa shape index (κ1) is 9.37. The van der Waals surface area contributed by atoms with Gasteiger partial charge in [-0.3, -0.25) is 0 Å². The third-order valence-corrected chi connectivity index (χ3v) is 1.31. The minimum absolute atomic E-state index is 0.453. The Bertz CT molecular complexity index is 343. The van der Waals surface area contributed by atoms with Crippen LogP contribution in [0.5, 0.6) is 0 Å². The lowest BCUT2D eigenvalue weighted by Crippen LogP contribution is -2.01. The van der Waals surface area contributed by atoms with Crippen molar-refractivity contribution < 1.29 is 14.3 Å². The molecule has 0 spiro atoms. The van der Waals surface area contributed by atoms with Crippen molar-refractivity contribution in [2.24, 2.45) is 5.16 Å². The summed E-state index contributed by atoms with van der Waals surface area (Å²) in [6.45, 7) is 4.64. The van der Waals surface area contributed by atoms with Gasteiger partial charge in [0.15, 0.2) is 5.69 Å². The Balaban J connectivity index is 2.78. The molecule has 0 atom stereocenters. The van der Waals surface area contributed by atoms with Crippen LogP contribution in [0.25, 0.3) is 0 Å². The number of rotatable bonds is 2. The predicted octanol–water partition coefficient (Wildman–Crippen LogP) is 0.665. The van der Waals surface area contributed by atoms with Crippen molar-refractivity contribution >= 4 is 11.7 Å². The summed E-state index contributed by atoms with van der Waals surface area (Å²) < 4.78 is 4.45. The lowest BCUT2D eigenvalue weighted by Gasteiger charge is -1.93. The maximum Gasteiger partial charge on any atom is 0.331 e. The van der Waals surface area contributed by atoms with Gasteiger partial charge >= 0.3 is 5.97 Å². The van der Waals surface area contributed by atoms with Gasteiger partial charge in [0.05, 0.1) is 0 Å². The van der Waals surface area contributed by atoms with Gasteiger partial charge < -0.3 is 4.84 Å². The van der Waals surface area contributed by atoms with E-state index in [1.807, 2.05) is 0 Å². The topological polar surface area (TPSA) is 77.6 Å². The second-order valence-electron chi connectivity index (χ2n) is 2.46. The molecule has 0 radical (unpaired) electrons.